The highest BCUT2D eigenvalue weighted by molar-refractivity contribution is 7.85. The molecule has 0 saturated carbocycles. The molecule has 0 saturated heterocycles. The molecule has 0 aliphatic carbocycles. The van der Waals surface area contributed by atoms with Crippen LogP contribution in [0.1, 0.15) is 6.42 Å². The molecule has 0 atom stereocenters. The van der Waals surface area contributed by atoms with E-state index in [1.54, 1.807) is 30.3 Å². The Kier molecular flexibility index (Phi) is 3.81. The molecule has 0 aromatic heterocycles. The second-order valence-corrected chi connectivity index (χ2v) is 4.40. The van der Waals surface area contributed by atoms with Crippen molar-refractivity contribution in [2.45, 2.75) is 6.42 Å². The van der Waals surface area contributed by atoms with Gasteiger partial charge in [0.15, 0.2) is 0 Å². The number of para-hydroxylation sites is 1. The number of hydrogen-bond donors (Lipinski definition) is 1. The van der Waals surface area contributed by atoms with Gasteiger partial charge in [-0.3, -0.25) is 9.35 Å². The summed E-state index contributed by atoms with van der Waals surface area (Å²) in [6.07, 6.45) is -0.367. The van der Waals surface area contributed by atoms with Crippen molar-refractivity contribution in [3.63, 3.8) is 0 Å². The lowest BCUT2D eigenvalue weighted by Crippen LogP contribution is -2.14. The number of esters is 1. The van der Waals surface area contributed by atoms with Gasteiger partial charge in [-0.1, -0.05) is 18.2 Å². The molecule has 1 rings (SSSR count). The lowest BCUT2D eigenvalue weighted by molar-refractivity contribution is -0.133. The normalized spacial score (nSPS) is 11.0. The van der Waals surface area contributed by atoms with Gasteiger partial charge in [0.25, 0.3) is 10.1 Å². The second kappa shape index (κ2) is 4.90. The van der Waals surface area contributed by atoms with Crippen LogP contribution < -0.4 is 4.74 Å². The monoisotopic (exact) mass is 230 g/mol. The first kappa shape index (κ1) is 11.7. The summed E-state index contributed by atoms with van der Waals surface area (Å²) in [5, 5.41) is 0. The van der Waals surface area contributed by atoms with Crippen molar-refractivity contribution < 1.29 is 22.5 Å². The summed E-state index contributed by atoms with van der Waals surface area (Å²) in [7, 11) is -4.11. The first-order valence-corrected chi connectivity index (χ1v) is 5.79. The van der Waals surface area contributed by atoms with Gasteiger partial charge in [-0.15, -0.1) is 0 Å². The van der Waals surface area contributed by atoms with Crippen LogP contribution in [0.5, 0.6) is 5.75 Å². The van der Waals surface area contributed by atoms with E-state index in [9.17, 15) is 13.2 Å². The Morgan fingerprint density at radius 1 is 1.27 bits per heavy atom. The molecule has 1 aromatic rings. The molecule has 1 N–H and O–H groups in total. The fraction of sp³-hybridized carbons (Fsp3) is 0.222. The summed E-state index contributed by atoms with van der Waals surface area (Å²) in [6.45, 7) is 0. The minimum absolute atomic E-state index is 0.345. The molecule has 0 fully saturated rings. The highest BCUT2D eigenvalue weighted by Crippen LogP contribution is 2.09. The fourth-order valence-corrected chi connectivity index (χ4v) is 1.31. The zero-order valence-electron chi connectivity index (χ0n) is 7.79. The van der Waals surface area contributed by atoms with E-state index >= 15 is 0 Å². The molecule has 5 nitrogen and oxygen atoms in total. The van der Waals surface area contributed by atoms with E-state index in [0.29, 0.717) is 5.75 Å². The second-order valence-electron chi connectivity index (χ2n) is 2.82. The van der Waals surface area contributed by atoms with Gasteiger partial charge in [-0.2, -0.15) is 8.42 Å². The molecule has 82 valence electrons. The van der Waals surface area contributed by atoms with Crippen molar-refractivity contribution in [3.05, 3.63) is 30.3 Å². The number of benzene rings is 1. The first-order chi connectivity index (χ1) is 6.97. The van der Waals surface area contributed by atoms with E-state index in [1.165, 1.54) is 0 Å². The van der Waals surface area contributed by atoms with Crippen molar-refractivity contribution in [1.29, 1.82) is 0 Å². The summed E-state index contributed by atoms with van der Waals surface area (Å²) in [5.74, 6) is -0.977. The molecule has 0 bridgehead atoms. The highest BCUT2D eigenvalue weighted by atomic mass is 32.2. The zero-order chi connectivity index (χ0) is 11.3. The molecular formula is C9H10O5S. The Morgan fingerprint density at radius 2 is 1.87 bits per heavy atom. The maximum absolute atomic E-state index is 11.1. The van der Waals surface area contributed by atoms with Crippen molar-refractivity contribution in [3.8, 4) is 5.75 Å². The summed E-state index contributed by atoms with van der Waals surface area (Å²) < 4.78 is 33.9. The molecule has 0 heterocycles. The van der Waals surface area contributed by atoms with Gasteiger partial charge in [0.2, 0.25) is 0 Å². The third-order valence-corrected chi connectivity index (χ3v) is 2.26. The Hall–Kier alpha value is -1.40. The van der Waals surface area contributed by atoms with Crippen LogP contribution in [0.15, 0.2) is 30.3 Å². The van der Waals surface area contributed by atoms with Crippen LogP contribution in [0.25, 0.3) is 0 Å². The minimum atomic E-state index is -4.11. The van der Waals surface area contributed by atoms with Gasteiger partial charge in [0, 0.05) is 0 Å². The Bertz CT molecular complexity index is 423. The van der Waals surface area contributed by atoms with Gasteiger partial charge in [-0.25, -0.2) is 0 Å². The van der Waals surface area contributed by atoms with E-state index < -0.39 is 21.8 Å². The molecule has 0 spiro atoms. The van der Waals surface area contributed by atoms with Crippen LogP contribution in [0, 0.1) is 0 Å². The topological polar surface area (TPSA) is 80.7 Å². The van der Waals surface area contributed by atoms with Gasteiger partial charge < -0.3 is 4.74 Å². The van der Waals surface area contributed by atoms with Crippen LogP contribution in [-0.4, -0.2) is 24.7 Å². The average Bonchev–Trinajstić information content (AvgIpc) is 2.15. The maximum Gasteiger partial charge on any atom is 0.312 e. The van der Waals surface area contributed by atoms with Gasteiger partial charge in [0.05, 0.1) is 12.2 Å². The van der Waals surface area contributed by atoms with Crippen molar-refractivity contribution in [1.82, 2.24) is 0 Å². The third kappa shape index (κ3) is 5.14. The average molecular weight is 230 g/mol. The smallest absolute Gasteiger partial charge is 0.312 e. The molecule has 0 unspecified atom stereocenters. The predicted octanol–water partition coefficient (Wildman–Crippen LogP) is 0.870. The molecule has 0 aliphatic rings. The molecule has 0 radical (unpaired) electrons. The lowest BCUT2D eigenvalue weighted by atomic mass is 10.3. The number of rotatable bonds is 4. The predicted molar refractivity (Wildman–Crippen MR) is 53.1 cm³/mol. The summed E-state index contributed by atoms with van der Waals surface area (Å²) in [6, 6.07) is 8.28. The third-order valence-electron chi connectivity index (χ3n) is 1.54. The standard InChI is InChI=1S/C9H10O5S/c10-9(6-7-15(11,12)13)14-8-4-2-1-3-5-8/h1-5H,6-7H2,(H,11,12,13). The molecule has 15 heavy (non-hydrogen) atoms. The minimum Gasteiger partial charge on any atom is -0.427 e. The number of hydrogen-bond acceptors (Lipinski definition) is 4. The zero-order valence-corrected chi connectivity index (χ0v) is 8.61. The number of carbonyl (C=O) groups is 1. The van der Waals surface area contributed by atoms with E-state index in [2.05, 4.69) is 0 Å². The van der Waals surface area contributed by atoms with E-state index in [0.717, 1.165) is 0 Å². The quantitative estimate of drug-likeness (QED) is 0.471. The van der Waals surface area contributed by atoms with Gasteiger partial charge in [0.1, 0.15) is 5.75 Å². The SMILES string of the molecule is O=C(CCS(=O)(=O)O)Oc1ccccc1. The van der Waals surface area contributed by atoms with Crippen LogP contribution in [0.4, 0.5) is 0 Å². The Labute approximate surface area is 87.4 Å². The Morgan fingerprint density at radius 3 is 2.40 bits per heavy atom. The molecule has 0 aliphatic heterocycles. The molecular weight excluding hydrogens is 220 g/mol. The largest absolute Gasteiger partial charge is 0.427 e. The van der Waals surface area contributed by atoms with E-state index in [4.69, 9.17) is 9.29 Å². The number of ether oxygens (including phenoxy) is 1. The molecule has 0 amide bonds. The lowest BCUT2D eigenvalue weighted by Gasteiger charge is -2.02. The highest BCUT2D eigenvalue weighted by Gasteiger charge is 2.10. The summed E-state index contributed by atoms with van der Waals surface area (Å²) in [5.41, 5.74) is 0. The first-order valence-electron chi connectivity index (χ1n) is 4.18. The Balaban J connectivity index is 2.44. The molecule has 6 heteroatoms. The van der Waals surface area contributed by atoms with Crippen LogP contribution in [0.3, 0.4) is 0 Å². The van der Waals surface area contributed by atoms with E-state index in [-0.39, 0.29) is 6.42 Å². The fourth-order valence-electron chi connectivity index (χ4n) is 0.883. The van der Waals surface area contributed by atoms with Crippen molar-refractivity contribution >= 4 is 16.1 Å². The molecule has 1 aromatic carbocycles. The van der Waals surface area contributed by atoms with Crippen LogP contribution >= 0.6 is 0 Å². The van der Waals surface area contributed by atoms with Gasteiger partial charge >= 0.3 is 5.97 Å². The summed E-state index contributed by atoms with van der Waals surface area (Å²) >= 11 is 0. The van der Waals surface area contributed by atoms with Crippen molar-refractivity contribution in [2.24, 2.45) is 0 Å². The van der Waals surface area contributed by atoms with Crippen molar-refractivity contribution in [2.75, 3.05) is 5.75 Å². The maximum atomic E-state index is 11.1. The van der Waals surface area contributed by atoms with Gasteiger partial charge in [-0.05, 0) is 12.1 Å². The number of carbonyl (C=O) groups excluding carboxylic acids is 1. The summed E-state index contributed by atoms with van der Waals surface area (Å²) in [4.78, 5) is 11.1. The van der Waals surface area contributed by atoms with E-state index in [1.807, 2.05) is 0 Å². The van der Waals surface area contributed by atoms with Crippen LogP contribution in [0.2, 0.25) is 0 Å². The van der Waals surface area contributed by atoms with Crippen LogP contribution in [-0.2, 0) is 14.9 Å².